The number of nitrogens with zero attached hydrogens (tertiary/aromatic N) is 1. The topological polar surface area (TPSA) is 3.88 Å². The molecule has 1 aliphatic rings. The molecular weight excluding hydrogens is 421 g/mol. The summed E-state index contributed by atoms with van der Waals surface area (Å²) in [6.45, 7) is 7.07. The molecule has 33 heavy (non-hydrogen) atoms. The lowest BCUT2D eigenvalue weighted by Crippen LogP contribution is -2.31. The van der Waals surface area contributed by atoms with Gasteiger partial charge in [0.1, 0.15) is 12.9 Å². The highest BCUT2D eigenvalue weighted by molar-refractivity contribution is 6.77. The van der Waals surface area contributed by atoms with Gasteiger partial charge in [-0.2, -0.15) is 0 Å². The molecule has 0 spiro atoms. The summed E-state index contributed by atoms with van der Waals surface area (Å²) in [4.78, 5) is 0. The van der Waals surface area contributed by atoms with Crippen LogP contribution in [0, 0.1) is 12.7 Å². The van der Waals surface area contributed by atoms with Gasteiger partial charge in [-0.25, -0.2) is 8.96 Å². The van der Waals surface area contributed by atoms with Gasteiger partial charge in [0, 0.05) is 19.7 Å². The zero-order valence-corrected chi connectivity index (χ0v) is 21.2. The molecular formula is C30H33FNSi+. The van der Waals surface area contributed by atoms with E-state index >= 15 is 0 Å². The standard InChI is InChI=1S/C30H33FNSi/c1-21-18-29(31)28(23-8-6-5-7-9-23)20-27(21)30-26-11-10-24(19-25(26)12-15-32(30)2)22-13-16-33(3,4)17-14-22/h5-12,15,18-20,22H,13-14,16-17H2,1-4H3/q+1. The Labute approximate surface area is 197 Å². The smallest absolute Gasteiger partial charge is 0.206 e. The van der Waals surface area contributed by atoms with Crippen molar-refractivity contribution in [3.8, 4) is 22.4 Å². The van der Waals surface area contributed by atoms with Crippen molar-refractivity contribution in [2.45, 2.75) is 50.9 Å². The van der Waals surface area contributed by atoms with Crippen molar-refractivity contribution in [2.75, 3.05) is 0 Å². The number of aromatic nitrogens is 1. The minimum absolute atomic E-state index is 0.170. The molecule has 0 aliphatic carbocycles. The summed E-state index contributed by atoms with van der Waals surface area (Å²) in [7, 11) is 1.13. The number of fused-ring (bicyclic) bond motifs is 1. The Kier molecular flexibility index (Phi) is 5.70. The van der Waals surface area contributed by atoms with Gasteiger partial charge >= 0.3 is 0 Å². The van der Waals surface area contributed by atoms with Crippen LogP contribution in [0.25, 0.3) is 33.2 Å². The van der Waals surface area contributed by atoms with Crippen LogP contribution in [0.1, 0.15) is 29.9 Å². The third-order valence-electron chi connectivity index (χ3n) is 7.63. The minimum atomic E-state index is -0.958. The van der Waals surface area contributed by atoms with Gasteiger partial charge in [0.05, 0.1) is 10.9 Å². The maximum Gasteiger partial charge on any atom is 0.220 e. The summed E-state index contributed by atoms with van der Waals surface area (Å²) < 4.78 is 17.1. The van der Waals surface area contributed by atoms with E-state index in [0.717, 1.165) is 22.4 Å². The summed E-state index contributed by atoms with van der Waals surface area (Å²) in [6, 6.07) is 25.7. The van der Waals surface area contributed by atoms with Crippen LogP contribution in [0.15, 0.2) is 72.9 Å². The molecule has 0 unspecified atom stereocenters. The molecule has 1 saturated heterocycles. The SMILES string of the molecule is Cc1cc(F)c(-c2ccccc2)cc1-c1c2ccc(C3CC[Si](C)(C)CC3)cc2cc[n+]1C. The lowest BCUT2D eigenvalue weighted by Gasteiger charge is -2.33. The number of halogens is 1. The second-order valence-electron chi connectivity index (χ2n) is 10.6. The summed E-state index contributed by atoms with van der Waals surface area (Å²) in [5.74, 6) is 0.515. The van der Waals surface area contributed by atoms with Crippen molar-refractivity contribution in [1.82, 2.24) is 0 Å². The summed E-state index contributed by atoms with van der Waals surface area (Å²) in [5.41, 5.74) is 6.22. The number of pyridine rings is 1. The Morgan fingerprint density at radius 1 is 0.879 bits per heavy atom. The van der Waals surface area contributed by atoms with Gasteiger partial charge in [-0.15, -0.1) is 0 Å². The Morgan fingerprint density at radius 3 is 2.33 bits per heavy atom. The number of benzene rings is 3. The lowest BCUT2D eigenvalue weighted by molar-refractivity contribution is -0.659. The van der Waals surface area contributed by atoms with Crippen LogP contribution < -0.4 is 4.57 Å². The molecule has 2 heterocycles. The molecule has 1 aromatic heterocycles. The van der Waals surface area contributed by atoms with Crippen LogP contribution in [0.3, 0.4) is 0 Å². The van der Waals surface area contributed by atoms with E-state index in [-0.39, 0.29) is 5.82 Å². The number of aryl methyl sites for hydroxylation is 2. The van der Waals surface area contributed by atoms with E-state index in [9.17, 15) is 4.39 Å². The molecule has 0 atom stereocenters. The largest absolute Gasteiger partial charge is 0.220 e. The van der Waals surface area contributed by atoms with E-state index in [1.807, 2.05) is 43.3 Å². The Bertz CT molecular complexity index is 1320. The van der Waals surface area contributed by atoms with E-state index in [2.05, 4.69) is 55.2 Å². The van der Waals surface area contributed by atoms with Crippen LogP contribution in [0.5, 0.6) is 0 Å². The van der Waals surface area contributed by atoms with E-state index in [4.69, 9.17) is 0 Å². The fourth-order valence-electron chi connectivity index (χ4n) is 5.48. The van der Waals surface area contributed by atoms with Gasteiger partial charge in [0.25, 0.3) is 0 Å². The average Bonchev–Trinajstić information content (AvgIpc) is 2.80. The first-order valence-electron chi connectivity index (χ1n) is 12.1. The summed E-state index contributed by atoms with van der Waals surface area (Å²) >= 11 is 0. The second-order valence-corrected chi connectivity index (χ2v) is 15.9. The number of hydrogen-bond acceptors (Lipinski definition) is 0. The van der Waals surface area contributed by atoms with Gasteiger partial charge in [-0.3, -0.25) is 0 Å². The van der Waals surface area contributed by atoms with Crippen molar-refractivity contribution in [3.05, 3.63) is 89.9 Å². The molecule has 1 fully saturated rings. The molecule has 0 saturated carbocycles. The predicted octanol–water partition coefficient (Wildman–Crippen LogP) is 8.03. The first-order chi connectivity index (χ1) is 15.8. The van der Waals surface area contributed by atoms with Gasteiger partial charge in [0.15, 0.2) is 6.20 Å². The highest BCUT2D eigenvalue weighted by Crippen LogP contribution is 2.40. The molecule has 0 N–H and O–H groups in total. The zero-order chi connectivity index (χ0) is 23.2. The monoisotopic (exact) mass is 454 g/mol. The van der Waals surface area contributed by atoms with Crippen molar-refractivity contribution < 1.29 is 8.96 Å². The molecule has 1 nitrogen and oxygen atoms in total. The van der Waals surface area contributed by atoms with Gasteiger partial charge < -0.3 is 0 Å². The molecule has 3 heteroatoms. The molecule has 3 aromatic carbocycles. The Hall–Kier alpha value is -2.78. The van der Waals surface area contributed by atoms with Gasteiger partial charge in [0.2, 0.25) is 5.69 Å². The van der Waals surface area contributed by atoms with E-state index in [1.54, 1.807) is 6.07 Å². The minimum Gasteiger partial charge on any atom is -0.206 e. The molecule has 0 radical (unpaired) electrons. The van der Waals surface area contributed by atoms with E-state index in [0.29, 0.717) is 11.5 Å². The first-order valence-corrected chi connectivity index (χ1v) is 15.5. The van der Waals surface area contributed by atoms with E-state index in [1.165, 1.54) is 41.3 Å². The van der Waals surface area contributed by atoms with Crippen LogP contribution >= 0.6 is 0 Å². The molecule has 5 rings (SSSR count). The molecule has 4 aromatic rings. The highest BCUT2D eigenvalue weighted by Gasteiger charge is 2.29. The van der Waals surface area contributed by atoms with Crippen molar-refractivity contribution >= 4 is 18.8 Å². The van der Waals surface area contributed by atoms with Crippen LogP contribution in [-0.4, -0.2) is 8.07 Å². The fraction of sp³-hybridized carbons (Fsp3) is 0.300. The zero-order valence-electron chi connectivity index (χ0n) is 20.2. The van der Waals surface area contributed by atoms with Crippen molar-refractivity contribution in [3.63, 3.8) is 0 Å². The van der Waals surface area contributed by atoms with E-state index < -0.39 is 8.07 Å². The number of rotatable bonds is 3. The third kappa shape index (κ3) is 4.27. The van der Waals surface area contributed by atoms with Crippen LogP contribution in [0.4, 0.5) is 4.39 Å². The van der Waals surface area contributed by atoms with Crippen LogP contribution in [0.2, 0.25) is 25.2 Å². The maximum absolute atomic E-state index is 15.0. The van der Waals surface area contributed by atoms with Gasteiger partial charge in [-0.1, -0.05) is 67.6 Å². The maximum atomic E-state index is 15.0. The van der Waals surface area contributed by atoms with Crippen molar-refractivity contribution in [2.24, 2.45) is 7.05 Å². The first kappa shape index (κ1) is 22.0. The second kappa shape index (κ2) is 8.53. The van der Waals surface area contributed by atoms with Gasteiger partial charge in [-0.05, 0) is 66.0 Å². The quantitative estimate of drug-likeness (QED) is 0.218. The highest BCUT2D eigenvalue weighted by atomic mass is 28.3. The fourth-order valence-corrected chi connectivity index (χ4v) is 7.99. The summed E-state index contributed by atoms with van der Waals surface area (Å²) in [5, 5.41) is 2.50. The predicted molar refractivity (Wildman–Crippen MR) is 140 cm³/mol. The molecule has 1 aliphatic heterocycles. The number of hydrogen-bond donors (Lipinski definition) is 0. The summed E-state index contributed by atoms with van der Waals surface area (Å²) in [6.07, 6.45) is 4.80. The Morgan fingerprint density at radius 2 is 1.61 bits per heavy atom. The van der Waals surface area contributed by atoms with Crippen molar-refractivity contribution in [1.29, 1.82) is 0 Å². The lowest BCUT2D eigenvalue weighted by atomic mass is 9.90. The molecule has 0 amide bonds. The third-order valence-corrected chi connectivity index (χ3v) is 10.9. The Balaban J connectivity index is 1.61. The normalized spacial score (nSPS) is 16.3. The van der Waals surface area contributed by atoms with Crippen LogP contribution in [-0.2, 0) is 7.05 Å². The average molecular weight is 455 g/mol. The molecule has 0 bridgehead atoms. The molecule has 168 valence electrons.